The van der Waals surface area contributed by atoms with Crippen LogP contribution >= 0.6 is 0 Å². The first-order valence-electron chi connectivity index (χ1n) is 10.6. The predicted molar refractivity (Wildman–Crippen MR) is 107 cm³/mol. The van der Waals surface area contributed by atoms with E-state index < -0.39 is 11.4 Å². The Kier molecular flexibility index (Phi) is 22.1. The largest absolute Gasteiger partial charge is 0.379 e. The van der Waals surface area contributed by atoms with E-state index in [1.165, 1.54) is 96.3 Å². The Hall–Kier alpha value is 0.0300. The third-order valence-electron chi connectivity index (χ3n) is 4.55. The molecule has 0 rings (SSSR count). The molecule has 0 aliphatic rings. The van der Waals surface area contributed by atoms with Gasteiger partial charge in [0.15, 0.2) is 0 Å². The molecule has 4 nitrogen and oxygen atoms in total. The van der Waals surface area contributed by atoms with E-state index in [2.05, 4.69) is 11.1 Å². The second-order valence-electron chi connectivity index (χ2n) is 6.95. The van der Waals surface area contributed by atoms with Crippen molar-refractivity contribution in [2.45, 2.75) is 110 Å². The zero-order chi connectivity index (χ0) is 18.4. The average molecular weight is 379 g/mol. The molecule has 1 N–H and O–H groups in total. The lowest BCUT2D eigenvalue weighted by Gasteiger charge is -2.04. The van der Waals surface area contributed by atoms with Gasteiger partial charge in [-0.3, -0.25) is 8.74 Å². The van der Waals surface area contributed by atoms with Crippen molar-refractivity contribution in [3.63, 3.8) is 0 Å². The standard InChI is InChI=1S/C20H42O4S/c1-2-3-4-5-6-7-8-9-10-11-12-13-14-15-16-17-18-23-19-20-24-25(21)22/h2-20H2,1H3,(H,21,22). The highest BCUT2D eigenvalue weighted by Crippen LogP contribution is 2.13. The summed E-state index contributed by atoms with van der Waals surface area (Å²) in [5.74, 6) is 0. The molecule has 0 saturated carbocycles. The lowest BCUT2D eigenvalue weighted by atomic mass is 10.0. The van der Waals surface area contributed by atoms with Crippen LogP contribution in [0.3, 0.4) is 0 Å². The molecule has 0 bridgehead atoms. The van der Waals surface area contributed by atoms with Crippen LogP contribution in [0.2, 0.25) is 0 Å². The molecule has 0 heterocycles. The van der Waals surface area contributed by atoms with Crippen LogP contribution in [-0.2, 0) is 20.3 Å². The van der Waals surface area contributed by atoms with E-state index in [0.717, 1.165) is 13.0 Å². The van der Waals surface area contributed by atoms with Crippen molar-refractivity contribution in [2.24, 2.45) is 0 Å². The number of hydrogen-bond acceptors (Lipinski definition) is 3. The van der Waals surface area contributed by atoms with E-state index in [1.807, 2.05) is 0 Å². The summed E-state index contributed by atoms with van der Waals surface area (Å²) in [5.41, 5.74) is 0. The molecule has 152 valence electrons. The topological polar surface area (TPSA) is 55.8 Å². The first kappa shape index (κ1) is 25.0. The highest BCUT2D eigenvalue weighted by molar-refractivity contribution is 7.74. The van der Waals surface area contributed by atoms with Gasteiger partial charge in [0.2, 0.25) is 0 Å². The summed E-state index contributed by atoms with van der Waals surface area (Å²) in [4.78, 5) is 0. The SMILES string of the molecule is CCCCCCCCCCCCCCCCCCOCCOS(=O)O. The summed E-state index contributed by atoms with van der Waals surface area (Å²) in [6, 6.07) is 0. The zero-order valence-electron chi connectivity index (χ0n) is 16.5. The summed E-state index contributed by atoms with van der Waals surface area (Å²) in [6.45, 7) is 3.57. The van der Waals surface area contributed by atoms with Gasteiger partial charge in [0, 0.05) is 6.61 Å². The second-order valence-corrected chi connectivity index (χ2v) is 7.62. The number of unbranched alkanes of at least 4 members (excludes halogenated alkanes) is 15. The van der Waals surface area contributed by atoms with E-state index in [-0.39, 0.29) is 6.61 Å². The molecule has 0 aliphatic heterocycles. The van der Waals surface area contributed by atoms with E-state index in [0.29, 0.717) is 6.61 Å². The number of rotatable bonds is 21. The van der Waals surface area contributed by atoms with Gasteiger partial charge in [-0.1, -0.05) is 103 Å². The zero-order valence-corrected chi connectivity index (χ0v) is 17.3. The van der Waals surface area contributed by atoms with Crippen LogP contribution in [0.25, 0.3) is 0 Å². The van der Waals surface area contributed by atoms with Crippen molar-refractivity contribution in [3.8, 4) is 0 Å². The Morgan fingerprint density at radius 2 is 1.00 bits per heavy atom. The summed E-state index contributed by atoms with van der Waals surface area (Å²) in [7, 11) is 0. The first-order chi connectivity index (χ1) is 12.3. The van der Waals surface area contributed by atoms with E-state index >= 15 is 0 Å². The predicted octanol–water partition coefficient (Wildman–Crippen LogP) is 6.42. The third-order valence-corrected chi connectivity index (χ3v) is 4.92. The van der Waals surface area contributed by atoms with Crippen LogP contribution in [-0.4, -0.2) is 28.6 Å². The van der Waals surface area contributed by atoms with Gasteiger partial charge < -0.3 is 4.74 Å². The van der Waals surface area contributed by atoms with Gasteiger partial charge in [0.05, 0.1) is 13.2 Å². The van der Waals surface area contributed by atoms with Crippen molar-refractivity contribution in [2.75, 3.05) is 19.8 Å². The Labute approximate surface area is 158 Å². The molecule has 0 aromatic rings. The van der Waals surface area contributed by atoms with Crippen LogP contribution in [0.15, 0.2) is 0 Å². The van der Waals surface area contributed by atoms with Gasteiger partial charge in [-0.15, -0.1) is 0 Å². The molecular formula is C20H42O4S. The van der Waals surface area contributed by atoms with Gasteiger partial charge in [-0.2, -0.15) is 4.21 Å². The molecule has 0 radical (unpaired) electrons. The summed E-state index contributed by atoms with van der Waals surface area (Å²) < 4.78 is 28.4. The van der Waals surface area contributed by atoms with Crippen LogP contribution in [0.4, 0.5) is 0 Å². The van der Waals surface area contributed by atoms with Crippen molar-refractivity contribution >= 4 is 11.4 Å². The lowest BCUT2D eigenvalue weighted by molar-refractivity contribution is 0.0982. The van der Waals surface area contributed by atoms with Crippen molar-refractivity contribution in [1.82, 2.24) is 0 Å². The Morgan fingerprint density at radius 3 is 1.40 bits per heavy atom. The van der Waals surface area contributed by atoms with Crippen molar-refractivity contribution < 1.29 is 17.7 Å². The molecule has 0 aromatic carbocycles. The van der Waals surface area contributed by atoms with Gasteiger partial charge in [-0.25, -0.2) is 0 Å². The average Bonchev–Trinajstić information content (AvgIpc) is 2.60. The van der Waals surface area contributed by atoms with Crippen LogP contribution in [0.5, 0.6) is 0 Å². The fourth-order valence-electron chi connectivity index (χ4n) is 3.02. The third kappa shape index (κ3) is 24.0. The summed E-state index contributed by atoms with van der Waals surface area (Å²) >= 11 is -2.16. The van der Waals surface area contributed by atoms with Crippen LogP contribution in [0, 0.1) is 0 Å². The molecule has 1 unspecified atom stereocenters. The van der Waals surface area contributed by atoms with Crippen molar-refractivity contribution in [3.05, 3.63) is 0 Å². The molecule has 0 amide bonds. The van der Waals surface area contributed by atoms with Gasteiger partial charge >= 0.3 is 11.4 Å². The van der Waals surface area contributed by atoms with E-state index in [9.17, 15) is 4.21 Å². The Bertz CT molecular complexity index is 274. The highest BCUT2D eigenvalue weighted by atomic mass is 32.2. The van der Waals surface area contributed by atoms with Crippen molar-refractivity contribution in [1.29, 1.82) is 0 Å². The summed E-state index contributed by atoms with van der Waals surface area (Å²) in [6.07, 6.45) is 21.9. The molecule has 0 aromatic heterocycles. The highest BCUT2D eigenvalue weighted by Gasteiger charge is 1.96. The number of hydrogen-bond donors (Lipinski definition) is 1. The van der Waals surface area contributed by atoms with Crippen LogP contribution < -0.4 is 0 Å². The second kappa shape index (κ2) is 22.1. The fraction of sp³-hybridized carbons (Fsp3) is 1.00. The Balaban J connectivity index is 2.97. The molecule has 1 atom stereocenters. The monoisotopic (exact) mass is 378 g/mol. The first-order valence-corrected chi connectivity index (χ1v) is 11.6. The van der Waals surface area contributed by atoms with Gasteiger partial charge in [0.1, 0.15) is 0 Å². The minimum atomic E-state index is -2.16. The van der Waals surface area contributed by atoms with Gasteiger partial charge in [0.25, 0.3) is 0 Å². The van der Waals surface area contributed by atoms with Crippen LogP contribution in [0.1, 0.15) is 110 Å². The minimum Gasteiger partial charge on any atom is -0.379 e. The summed E-state index contributed by atoms with van der Waals surface area (Å²) in [5, 5.41) is 0. The molecule has 0 aliphatic carbocycles. The fourth-order valence-corrected chi connectivity index (χ4v) is 3.23. The normalized spacial score (nSPS) is 12.6. The number of ether oxygens (including phenoxy) is 1. The minimum absolute atomic E-state index is 0.183. The molecule has 0 saturated heterocycles. The lowest BCUT2D eigenvalue weighted by Crippen LogP contribution is -2.06. The molecule has 25 heavy (non-hydrogen) atoms. The quantitative estimate of drug-likeness (QED) is 0.185. The maximum absolute atomic E-state index is 10.2. The van der Waals surface area contributed by atoms with E-state index in [1.54, 1.807) is 0 Å². The smallest absolute Gasteiger partial charge is 0.301 e. The Morgan fingerprint density at radius 1 is 0.600 bits per heavy atom. The molecule has 0 spiro atoms. The molecular weight excluding hydrogens is 336 g/mol. The maximum Gasteiger partial charge on any atom is 0.301 e. The van der Waals surface area contributed by atoms with Gasteiger partial charge in [-0.05, 0) is 6.42 Å². The van der Waals surface area contributed by atoms with E-state index in [4.69, 9.17) is 9.29 Å². The molecule has 0 fully saturated rings. The maximum atomic E-state index is 10.2. The molecule has 5 heteroatoms.